The number of piperidine rings is 2. The third kappa shape index (κ3) is 30.9. The van der Waals surface area contributed by atoms with Gasteiger partial charge in [0.05, 0.1) is 48.5 Å². The monoisotopic (exact) mass is 1990 g/mol. The molecule has 8 aromatic rings. The number of halogens is 2. The zero-order valence-corrected chi connectivity index (χ0v) is 88.5. The summed E-state index contributed by atoms with van der Waals surface area (Å²) in [6, 6.07) is 7.99. The summed E-state index contributed by atoms with van der Waals surface area (Å²) in [6.45, 7) is 51.0. The van der Waals surface area contributed by atoms with E-state index in [1.807, 2.05) is 80.5 Å². The zero-order chi connectivity index (χ0) is 102. The molecule has 138 heavy (non-hydrogen) atoms. The predicted molar refractivity (Wildman–Crippen MR) is 546 cm³/mol. The summed E-state index contributed by atoms with van der Waals surface area (Å²) in [6.07, 6.45) is 18.2. The van der Waals surface area contributed by atoms with Crippen molar-refractivity contribution in [2.24, 2.45) is 0 Å². The smallest absolute Gasteiger partial charge is 0.280 e. The normalized spacial score (nSPS) is 17.3. The SMILES string of the molecule is CCC(C)(C)Nc1cc(C)c(-c2sc(C(=O)NCC(C)(C)O)nc2C(=O)N2CCCC[C@@H]2C)cn1.CCC(C)(C)Nc1cc(C)c(-c2sc(C(=O)NCC(C)(C)O)nc2C(=O)N2CCC[C@@H]2C)cn1.CC[C@@H](C)Nc1cc(C)c(-c2sc(C(=O)NCC(C)(C)O)nc2C(=O)N2CC(F)(F)C[C@@H]2C)cn1.CC[C@@H](C)Nc1cc(C)c(-c2sc(C(=O)NCC(C)(C)O)nc2C(=O)N2CCCC[C@@H]2C)cn1. The average Bonchev–Trinajstić information content (AvgIpc) is 1.62. The number of alkyl halides is 2. The molecule has 0 aromatic carbocycles. The van der Waals surface area contributed by atoms with Gasteiger partial charge in [0.1, 0.15) is 46.0 Å². The van der Waals surface area contributed by atoms with Gasteiger partial charge < -0.3 is 82.6 Å². The molecule has 756 valence electrons. The van der Waals surface area contributed by atoms with Crippen molar-refractivity contribution in [2.75, 3.05) is 73.6 Å². The van der Waals surface area contributed by atoms with Crippen molar-refractivity contribution in [1.29, 1.82) is 0 Å². The molecule has 6 atom stereocenters. The van der Waals surface area contributed by atoms with Gasteiger partial charge in [-0.25, -0.2) is 48.7 Å². The van der Waals surface area contributed by atoms with E-state index in [0.717, 1.165) is 150 Å². The van der Waals surface area contributed by atoms with E-state index in [9.17, 15) is 67.6 Å². The van der Waals surface area contributed by atoms with Crippen LogP contribution in [0.15, 0.2) is 49.1 Å². The lowest BCUT2D eigenvalue weighted by Gasteiger charge is -2.33. The van der Waals surface area contributed by atoms with Gasteiger partial charge in [0.2, 0.25) is 0 Å². The van der Waals surface area contributed by atoms with Crippen LogP contribution in [-0.2, 0) is 0 Å². The number of anilines is 4. The molecular formula is C100H146F2N20O12S4. The fourth-order valence-corrected chi connectivity index (χ4v) is 19.6. The van der Waals surface area contributed by atoms with Gasteiger partial charge in [-0.15, -0.1) is 45.3 Å². The molecule has 0 bridgehead atoms. The van der Waals surface area contributed by atoms with E-state index in [2.05, 4.69) is 159 Å². The van der Waals surface area contributed by atoms with Crippen LogP contribution in [0.5, 0.6) is 0 Å². The number of amides is 8. The topological polar surface area (TPSA) is 430 Å². The maximum Gasteiger partial charge on any atom is 0.280 e. The first-order chi connectivity index (χ1) is 64.3. The van der Waals surface area contributed by atoms with Crippen LogP contribution in [0.1, 0.15) is 339 Å². The standard InChI is InChI=1S/C26H39N5O3S.2C25H37N5O3S.C24H33F2N5O3S/c1-8-25(4,5)30-19-13-16(2)18(14-27-19)21-20(24(33)31-12-10-9-11-17(31)3)29-23(35-21)22(32)28-15-26(6,7)34;1-8-24(4,5)29-18-12-15(2)17(13-26-18)20-19(23(32)30-11-9-10-16(30)3)28-22(34-20)21(31)27-14-25(6,7)33;1-7-16(3)28-19-12-15(2)18(13-26-19)21-20(24(32)30-11-9-8-10-17(30)4)29-23(34-21)22(31)27-14-25(5,6)33;1-7-14(3)29-17-8-13(2)16(10-27-17)19-18(22(33)31-12-24(25,26)9-15(31)4)30-21(35-19)20(32)28-11-23(5,6)34/h13-14,17,34H,8-12,15H2,1-7H3,(H,27,30)(H,28,32);12-13,16,33H,8-11,14H2,1-7H3,(H,26,29)(H,27,31);12-13,16-17,33H,7-11,14H2,1-6H3,(H,26,28)(H,27,31);8,10,14-15,34H,7,9,11-12H2,1-6H3,(H,27,29)(H,28,32)/t17-;16-;16-,17+;14-,15+/m0011/s1. The number of carbonyl (C=O) groups is 8. The minimum atomic E-state index is -2.97. The van der Waals surface area contributed by atoms with Crippen molar-refractivity contribution >= 4 is 116 Å². The molecule has 32 nitrogen and oxygen atoms in total. The van der Waals surface area contributed by atoms with Gasteiger partial charge in [-0.3, -0.25) is 38.4 Å². The highest BCUT2D eigenvalue weighted by Crippen LogP contribution is 2.43. The molecule has 8 aromatic heterocycles. The first kappa shape index (κ1) is 111. The highest BCUT2D eigenvalue weighted by molar-refractivity contribution is 7.18. The number of nitrogens with one attached hydrogen (secondary N) is 8. The van der Waals surface area contributed by atoms with Crippen LogP contribution >= 0.6 is 45.3 Å². The van der Waals surface area contributed by atoms with Crippen molar-refractivity contribution in [3.8, 4) is 41.8 Å². The summed E-state index contributed by atoms with van der Waals surface area (Å²) < 4.78 is 28.0. The van der Waals surface area contributed by atoms with Gasteiger partial charge in [-0.2, -0.15) is 0 Å². The Balaban J connectivity index is 0.000000206. The third-order valence-corrected chi connectivity index (χ3v) is 29.0. The third-order valence-electron chi connectivity index (χ3n) is 24.7. The number of hydrogen-bond acceptors (Lipinski definition) is 28. The largest absolute Gasteiger partial charge is 0.389 e. The van der Waals surface area contributed by atoms with Crippen LogP contribution in [0, 0.1) is 27.7 Å². The molecule has 0 saturated carbocycles. The molecule has 0 radical (unpaired) electrons. The van der Waals surface area contributed by atoms with Gasteiger partial charge in [-0.05, 0) is 276 Å². The summed E-state index contributed by atoms with van der Waals surface area (Å²) in [5.41, 5.74) is 2.95. The molecule has 0 aliphatic carbocycles. The molecule has 4 fully saturated rings. The van der Waals surface area contributed by atoms with Crippen molar-refractivity contribution in [2.45, 2.75) is 339 Å². The van der Waals surface area contributed by atoms with Crippen LogP contribution in [0.3, 0.4) is 0 Å². The number of aliphatic hydroxyl groups is 4. The summed E-state index contributed by atoms with van der Waals surface area (Å²) >= 11 is 4.56. The fraction of sp³-hybridized carbons (Fsp3) is 0.600. The molecular weight excluding hydrogens is 1840 g/mol. The number of pyridine rings is 4. The number of hydrogen-bond donors (Lipinski definition) is 12. The number of aryl methyl sites for hydroxylation is 4. The van der Waals surface area contributed by atoms with E-state index >= 15 is 0 Å². The summed E-state index contributed by atoms with van der Waals surface area (Å²) in [4.78, 5) is 150. The Hall–Kier alpha value is -10.2. The number of thiazole rings is 4. The summed E-state index contributed by atoms with van der Waals surface area (Å²) in [5, 5.41) is 64.8. The van der Waals surface area contributed by atoms with E-state index in [-0.39, 0.29) is 116 Å². The lowest BCUT2D eigenvalue weighted by Crippen LogP contribution is -2.42. The number of likely N-dealkylation sites (tertiary alicyclic amines) is 4. The molecule has 4 aliphatic rings. The van der Waals surface area contributed by atoms with Gasteiger partial charge in [0, 0.05) is 147 Å². The fourth-order valence-electron chi connectivity index (χ4n) is 15.4. The van der Waals surface area contributed by atoms with E-state index in [4.69, 9.17) is 0 Å². The average molecular weight is 1990 g/mol. The van der Waals surface area contributed by atoms with Gasteiger partial charge >= 0.3 is 0 Å². The minimum absolute atomic E-state index is 0.00687. The Kier molecular flexibility index (Phi) is 37.9. The van der Waals surface area contributed by atoms with Crippen LogP contribution in [0.2, 0.25) is 0 Å². The number of carbonyl (C=O) groups excluding carboxylic acids is 8. The van der Waals surface area contributed by atoms with E-state index < -0.39 is 76.9 Å². The second kappa shape index (κ2) is 46.9. The second-order valence-electron chi connectivity index (χ2n) is 41.0. The zero-order valence-electron chi connectivity index (χ0n) is 85.2. The first-order valence-electron chi connectivity index (χ1n) is 48.0. The van der Waals surface area contributed by atoms with Crippen molar-refractivity contribution < 1.29 is 67.6 Å². The van der Waals surface area contributed by atoms with Crippen molar-refractivity contribution in [1.82, 2.24) is 80.7 Å². The number of rotatable bonds is 32. The lowest BCUT2D eigenvalue weighted by atomic mass is 10.0. The summed E-state index contributed by atoms with van der Waals surface area (Å²) in [5.74, 6) is -2.88. The molecule has 12 N–H and O–H groups in total. The minimum Gasteiger partial charge on any atom is -0.389 e. The molecule has 4 aliphatic heterocycles. The Morgan fingerprint density at radius 1 is 0.399 bits per heavy atom. The first-order valence-corrected chi connectivity index (χ1v) is 51.2. The molecule has 4 saturated heterocycles. The quantitative estimate of drug-likeness (QED) is 0.0186. The molecule has 0 spiro atoms. The van der Waals surface area contributed by atoms with Gasteiger partial charge in [0.15, 0.2) is 20.0 Å². The predicted octanol–water partition coefficient (Wildman–Crippen LogP) is 17.2. The van der Waals surface area contributed by atoms with Crippen LogP contribution in [0.4, 0.5) is 32.1 Å². The Morgan fingerprint density at radius 2 is 0.652 bits per heavy atom. The number of nitrogens with zero attached hydrogens (tertiary/aromatic N) is 12. The molecule has 12 rings (SSSR count). The highest BCUT2D eigenvalue weighted by Gasteiger charge is 2.47. The van der Waals surface area contributed by atoms with Crippen molar-refractivity contribution in [3.63, 3.8) is 0 Å². The maximum absolute atomic E-state index is 14.0. The van der Waals surface area contributed by atoms with Gasteiger partial charge in [-0.1, -0.05) is 27.7 Å². The van der Waals surface area contributed by atoms with Crippen LogP contribution in [-0.4, -0.2) is 255 Å². The highest BCUT2D eigenvalue weighted by atomic mass is 32.1. The van der Waals surface area contributed by atoms with Crippen LogP contribution in [0.25, 0.3) is 41.8 Å². The van der Waals surface area contributed by atoms with E-state index in [0.29, 0.717) is 62.3 Å². The summed E-state index contributed by atoms with van der Waals surface area (Å²) in [7, 11) is 0. The van der Waals surface area contributed by atoms with Gasteiger partial charge in [0.25, 0.3) is 53.2 Å². The van der Waals surface area contributed by atoms with E-state index in [1.54, 1.807) is 87.1 Å². The maximum atomic E-state index is 14.0. The number of aromatic nitrogens is 8. The molecule has 0 unspecified atom stereocenters. The Bertz CT molecular complexity index is 5610. The second-order valence-corrected chi connectivity index (χ2v) is 45.0. The molecule has 12 heterocycles. The Labute approximate surface area is 827 Å². The Morgan fingerprint density at radius 3 is 0.877 bits per heavy atom. The van der Waals surface area contributed by atoms with E-state index in [1.165, 1.54) is 34.0 Å². The molecule has 8 amide bonds. The van der Waals surface area contributed by atoms with Crippen molar-refractivity contribution in [3.05, 3.63) is 114 Å². The lowest BCUT2D eigenvalue weighted by molar-refractivity contribution is 0.0117. The van der Waals surface area contributed by atoms with Crippen LogP contribution < -0.4 is 42.5 Å². The molecule has 38 heteroatoms.